The maximum Gasteiger partial charge on any atom is 0.141 e. The first kappa shape index (κ1) is 13.4. The number of hydrogen-bond donors (Lipinski definition) is 0. The molecule has 1 aliphatic heterocycles. The van der Waals surface area contributed by atoms with Gasteiger partial charge in [-0.2, -0.15) is 0 Å². The molecule has 0 saturated carbocycles. The lowest BCUT2D eigenvalue weighted by Gasteiger charge is -2.11. The fraction of sp³-hybridized carbons (Fsp3) is 0.375. The Labute approximate surface area is 124 Å². The summed E-state index contributed by atoms with van der Waals surface area (Å²) in [6.07, 6.45) is 0.907. The van der Waals surface area contributed by atoms with Crippen molar-refractivity contribution in [3.63, 3.8) is 0 Å². The molecule has 0 amide bonds. The molecule has 0 N–H and O–H groups in total. The Kier molecular flexibility index (Phi) is 3.62. The van der Waals surface area contributed by atoms with Gasteiger partial charge in [0.25, 0.3) is 0 Å². The molecule has 0 aliphatic carbocycles. The van der Waals surface area contributed by atoms with Crippen LogP contribution in [-0.4, -0.2) is 16.6 Å². The SMILES string of the molecule is CC(C)Cc1cc(Cl)nc(C2COc3ccccc32)n1. The minimum atomic E-state index is 0.0795. The lowest BCUT2D eigenvalue weighted by Crippen LogP contribution is -2.10. The van der Waals surface area contributed by atoms with Crippen LogP contribution in [0.4, 0.5) is 0 Å². The Morgan fingerprint density at radius 3 is 2.90 bits per heavy atom. The van der Waals surface area contributed by atoms with Crippen LogP contribution in [0.3, 0.4) is 0 Å². The van der Waals surface area contributed by atoms with Gasteiger partial charge in [-0.05, 0) is 24.5 Å². The average molecular weight is 289 g/mol. The Balaban J connectivity index is 1.97. The molecule has 0 radical (unpaired) electrons. The number of para-hydroxylation sites is 1. The normalized spacial score (nSPS) is 17.1. The summed E-state index contributed by atoms with van der Waals surface area (Å²) in [5.74, 6) is 2.31. The predicted molar refractivity (Wildman–Crippen MR) is 79.4 cm³/mol. The van der Waals surface area contributed by atoms with E-state index in [0.29, 0.717) is 17.7 Å². The molecule has 0 saturated heterocycles. The molecule has 0 bridgehead atoms. The van der Waals surface area contributed by atoms with Gasteiger partial charge in [0.1, 0.15) is 23.3 Å². The minimum Gasteiger partial charge on any atom is -0.492 e. The third-order valence-corrected chi connectivity index (χ3v) is 3.59. The van der Waals surface area contributed by atoms with Crippen LogP contribution in [0.15, 0.2) is 30.3 Å². The van der Waals surface area contributed by atoms with Crippen LogP contribution in [0.1, 0.15) is 36.8 Å². The van der Waals surface area contributed by atoms with Crippen LogP contribution in [0.2, 0.25) is 5.15 Å². The van der Waals surface area contributed by atoms with Crippen molar-refractivity contribution in [3.8, 4) is 5.75 Å². The molecular weight excluding hydrogens is 272 g/mol. The molecule has 4 heteroatoms. The average Bonchev–Trinajstić information content (AvgIpc) is 2.80. The van der Waals surface area contributed by atoms with Crippen molar-refractivity contribution in [2.75, 3.05) is 6.61 Å². The highest BCUT2D eigenvalue weighted by atomic mass is 35.5. The molecule has 1 aliphatic rings. The Morgan fingerprint density at radius 2 is 2.10 bits per heavy atom. The van der Waals surface area contributed by atoms with E-state index in [9.17, 15) is 0 Å². The first-order valence-electron chi connectivity index (χ1n) is 6.88. The summed E-state index contributed by atoms with van der Waals surface area (Å²) in [5.41, 5.74) is 2.14. The van der Waals surface area contributed by atoms with E-state index in [-0.39, 0.29) is 5.92 Å². The molecule has 0 fully saturated rings. The number of aromatic nitrogens is 2. The summed E-state index contributed by atoms with van der Waals surface area (Å²) in [6, 6.07) is 9.89. The monoisotopic (exact) mass is 288 g/mol. The van der Waals surface area contributed by atoms with Crippen molar-refractivity contribution in [3.05, 3.63) is 52.6 Å². The van der Waals surface area contributed by atoms with Gasteiger partial charge in [-0.25, -0.2) is 9.97 Å². The van der Waals surface area contributed by atoms with Gasteiger partial charge < -0.3 is 4.74 Å². The first-order valence-corrected chi connectivity index (χ1v) is 7.26. The van der Waals surface area contributed by atoms with E-state index in [1.165, 1.54) is 0 Å². The number of rotatable bonds is 3. The standard InChI is InChI=1S/C16H17ClN2O/c1-10(2)7-11-8-15(17)19-16(18-11)13-9-20-14-6-4-3-5-12(13)14/h3-6,8,10,13H,7,9H2,1-2H3. The zero-order valence-corrected chi connectivity index (χ0v) is 12.4. The fourth-order valence-corrected chi connectivity index (χ4v) is 2.75. The molecule has 2 heterocycles. The summed E-state index contributed by atoms with van der Waals surface area (Å²) in [5, 5.41) is 0.509. The highest BCUT2D eigenvalue weighted by Crippen LogP contribution is 2.36. The maximum absolute atomic E-state index is 6.15. The van der Waals surface area contributed by atoms with Crippen LogP contribution < -0.4 is 4.74 Å². The van der Waals surface area contributed by atoms with Crippen molar-refractivity contribution < 1.29 is 4.74 Å². The predicted octanol–water partition coefficient (Wildman–Crippen LogP) is 3.85. The van der Waals surface area contributed by atoms with Crippen molar-refractivity contribution in [1.82, 2.24) is 9.97 Å². The first-order chi connectivity index (χ1) is 9.63. The van der Waals surface area contributed by atoms with Gasteiger partial charge in [0, 0.05) is 11.3 Å². The molecule has 1 unspecified atom stereocenters. The van der Waals surface area contributed by atoms with Crippen molar-refractivity contribution in [2.45, 2.75) is 26.2 Å². The Hall–Kier alpha value is -1.61. The van der Waals surface area contributed by atoms with Gasteiger partial charge in [0.05, 0.1) is 5.92 Å². The number of fused-ring (bicyclic) bond motifs is 1. The highest BCUT2D eigenvalue weighted by molar-refractivity contribution is 6.29. The minimum absolute atomic E-state index is 0.0795. The zero-order chi connectivity index (χ0) is 14.1. The lowest BCUT2D eigenvalue weighted by atomic mass is 10.00. The summed E-state index contributed by atoms with van der Waals surface area (Å²) >= 11 is 6.15. The molecule has 104 valence electrons. The summed E-state index contributed by atoms with van der Waals surface area (Å²) in [4.78, 5) is 9.08. The molecule has 1 aromatic carbocycles. The van der Waals surface area contributed by atoms with Gasteiger partial charge in [0.15, 0.2) is 0 Å². The Morgan fingerprint density at radius 1 is 1.30 bits per heavy atom. The summed E-state index contributed by atoms with van der Waals surface area (Å²) < 4.78 is 5.70. The van der Waals surface area contributed by atoms with E-state index in [0.717, 1.165) is 29.3 Å². The molecule has 0 spiro atoms. The van der Waals surface area contributed by atoms with Crippen molar-refractivity contribution >= 4 is 11.6 Å². The van der Waals surface area contributed by atoms with E-state index < -0.39 is 0 Å². The summed E-state index contributed by atoms with van der Waals surface area (Å²) in [6.45, 7) is 4.92. The summed E-state index contributed by atoms with van der Waals surface area (Å²) in [7, 11) is 0. The second kappa shape index (κ2) is 5.41. The van der Waals surface area contributed by atoms with Crippen LogP contribution in [0.25, 0.3) is 0 Å². The number of nitrogens with zero attached hydrogens (tertiary/aromatic N) is 2. The molecule has 2 aromatic rings. The molecule has 1 atom stereocenters. The highest BCUT2D eigenvalue weighted by Gasteiger charge is 2.28. The van der Waals surface area contributed by atoms with E-state index >= 15 is 0 Å². The molecule has 3 nitrogen and oxygen atoms in total. The number of benzene rings is 1. The van der Waals surface area contributed by atoms with Crippen molar-refractivity contribution in [1.29, 1.82) is 0 Å². The van der Waals surface area contributed by atoms with Crippen LogP contribution >= 0.6 is 11.6 Å². The maximum atomic E-state index is 6.15. The molecule has 1 aromatic heterocycles. The molecule has 3 rings (SSSR count). The number of ether oxygens (including phenoxy) is 1. The van der Waals surface area contributed by atoms with Gasteiger partial charge in [-0.1, -0.05) is 43.6 Å². The van der Waals surface area contributed by atoms with Gasteiger partial charge >= 0.3 is 0 Å². The zero-order valence-electron chi connectivity index (χ0n) is 11.6. The van der Waals surface area contributed by atoms with E-state index in [1.54, 1.807) is 0 Å². The largest absolute Gasteiger partial charge is 0.492 e. The third kappa shape index (κ3) is 2.63. The Bertz CT molecular complexity index is 628. The van der Waals surface area contributed by atoms with E-state index in [4.69, 9.17) is 16.3 Å². The van der Waals surface area contributed by atoms with E-state index in [1.807, 2.05) is 24.3 Å². The molecular formula is C16H17ClN2O. The van der Waals surface area contributed by atoms with Gasteiger partial charge in [0.2, 0.25) is 0 Å². The number of hydrogen-bond acceptors (Lipinski definition) is 3. The van der Waals surface area contributed by atoms with E-state index in [2.05, 4.69) is 29.9 Å². The van der Waals surface area contributed by atoms with Gasteiger partial charge in [-0.3, -0.25) is 0 Å². The van der Waals surface area contributed by atoms with Crippen LogP contribution in [0, 0.1) is 5.92 Å². The second-order valence-electron chi connectivity index (χ2n) is 5.54. The second-order valence-corrected chi connectivity index (χ2v) is 5.93. The molecule has 20 heavy (non-hydrogen) atoms. The van der Waals surface area contributed by atoms with Crippen LogP contribution in [0.5, 0.6) is 5.75 Å². The topological polar surface area (TPSA) is 35.0 Å². The fourth-order valence-electron chi connectivity index (χ4n) is 2.54. The van der Waals surface area contributed by atoms with Crippen LogP contribution in [-0.2, 0) is 6.42 Å². The third-order valence-electron chi connectivity index (χ3n) is 3.39. The number of halogens is 1. The quantitative estimate of drug-likeness (QED) is 0.805. The van der Waals surface area contributed by atoms with Gasteiger partial charge in [-0.15, -0.1) is 0 Å². The lowest BCUT2D eigenvalue weighted by molar-refractivity contribution is 0.339. The van der Waals surface area contributed by atoms with Crippen molar-refractivity contribution in [2.24, 2.45) is 5.92 Å². The smallest absolute Gasteiger partial charge is 0.141 e.